The summed E-state index contributed by atoms with van der Waals surface area (Å²) in [6.45, 7) is -0.402. The number of hydrogen-bond acceptors (Lipinski definition) is 6. The van der Waals surface area contributed by atoms with Crippen molar-refractivity contribution in [2.75, 3.05) is 12.4 Å². The van der Waals surface area contributed by atoms with Crippen molar-refractivity contribution in [2.24, 2.45) is 0 Å². The number of hydrogen-bond donors (Lipinski definition) is 3. The average molecular weight is 378 g/mol. The van der Waals surface area contributed by atoms with Gasteiger partial charge in [-0.15, -0.1) is 23.1 Å². The Morgan fingerprint density at radius 2 is 2.17 bits per heavy atom. The second-order valence-electron chi connectivity index (χ2n) is 5.13. The van der Waals surface area contributed by atoms with E-state index in [9.17, 15) is 24.6 Å². The van der Waals surface area contributed by atoms with E-state index in [0.717, 1.165) is 9.78 Å². The molecule has 124 valence electrons. The van der Waals surface area contributed by atoms with Crippen molar-refractivity contribution >= 4 is 70.4 Å². The standard InChI is InChI=1S/C14H14N2O5S2.Na.H/c17-5-7-6-23-13-10(12(19)16(13)11(7)14(20)21)15-9(18)4-8-2-1-3-22-8;;/h1-3,10,13,17H,4-6H2,(H,15,18)(H,20,21);;/t10-,13-;;/m1../s1. The van der Waals surface area contributed by atoms with Crippen molar-refractivity contribution in [3.8, 4) is 0 Å². The van der Waals surface area contributed by atoms with Crippen LogP contribution in [-0.4, -0.2) is 86.2 Å². The molecule has 0 radical (unpaired) electrons. The molecule has 0 aromatic carbocycles. The first-order valence-corrected chi connectivity index (χ1v) is 8.78. The van der Waals surface area contributed by atoms with Gasteiger partial charge >= 0.3 is 35.5 Å². The maximum absolute atomic E-state index is 12.2. The monoisotopic (exact) mass is 378 g/mol. The molecule has 24 heavy (non-hydrogen) atoms. The van der Waals surface area contributed by atoms with E-state index >= 15 is 0 Å². The summed E-state index contributed by atoms with van der Waals surface area (Å²) < 4.78 is 0. The summed E-state index contributed by atoms with van der Waals surface area (Å²) in [5, 5.41) is 22.6. The van der Waals surface area contributed by atoms with Crippen LogP contribution in [0.25, 0.3) is 0 Å². The molecular weight excluding hydrogens is 363 g/mol. The molecule has 1 saturated heterocycles. The van der Waals surface area contributed by atoms with Crippen molar-refractivity contribution in [3.63, 3.8) is 0 Å². The Morgan fingerprint density at radius 1 is 1.42 bits per heavy atom. The SMILES string of the molecule is O=C(Cc1cccs1)N[C@@H]1C(=O)N2C(C(=O)O)=C(CO)CS[C@H]12.[NaH]. The Morgan fingerprint density at radius 3 is 2.75 bits per heavy atom. The number of nitrogens with zero attached hydrogens (tertiary/aromatic N) is 1. The molecule has 1 aromatic heterocycles. The first-order chi connectivity index (χ1) is 11.0. The van der Waals surface area contributed by atoms with Crippen LogP contribution in [0.15, 0.2) is 28.8 Å². The van der Waals surface area contributed by atoms with Gasteiger partial charge in [-0.2, -0.15) is 0 Å². The molecule has 3 heterocycles. The molecule has 0 saturated carbocycles. The molecule has 10 heteroatoms. The minimum atomic E-state index is -1.24. The predicted octanol–water partition coefficient (Wildman–Crippen LogP) is -0.627. The van der Waals surface area contributed by atoms with E-state index < -0.39 is 29.9 Å². The van der Waals surface area contributed by atoms with Gasteiger partial charge in [-0.05, 0) is 17.0 Å². The number of carbonyl (C=O) groups is 3. The van der Waals surface area contributed by atoms with Crippen LogP contribution in [0.2, 0.25) is 0 Å². The summed E-state index contributed by atoms with van der Waals surface area (Å²) in [7, 11) is 0. The van der Waals surface area contributed by atoms with Crippen LogP contribution in [0.4, 0.5) is 0 Å². The molecule has 3 rings (SSSR count). The minimum absolute atomic E-state index is 0. The Kier molecular flexibility index (Phi) is 6.52. The third-order valence-electron chi connectivity index (χ3n) is 3.67. The molecule has 7 nitrogen and oxygen atoms in total. The molecule has 3 N–H and O–H groups in total. The van der Waals surface area contributed by atoms with E-state index in [2.05, 4.69) is 5.32 Å². The molecule has 0 bridgehead atoms. The second-order valence-corrected chi connectivity index (χ2v) is 7.26. The van der Waals surface area contributed by atoms with Crippen molar-refractivity contribution in [3.05, 3.63) is 33.7 Å². The molecule has 0 spiro atoms. The Hall–Kier alpha value is -0.840. The van der Waals surface area contributed by atoms with E-state index in [4.69, 9.17) is 0 Å². The number of rotatable bonds is 5. The fourth-order valence-electron chi connectivity index (χ4n) is 2.60. The third-order valence-corrected chi connectivity index (χ3v) is 5.89. The zero-order valence-corrected chi connectivity index (χ0v) is 13.5. The van der Waals surface area contributed by atoms with Gasteiger partial charge < -0.3 is 15.5 Å². The molecule has 1 aromatic rings. The predicted molar refractivity (Wildman–Crippen MR) is 91.9 cm³/mol. The van der Waals surface area contributed by atoms with Gasteiger partial charge in [-0.25, -0.2) is 4.79 Å². The van der Waals surface area contributed by atoms with Crippen LogP contribution in [0.1, 0.15) is 4.88 Å². The Balaban J connectivity index is 0.00000208. The van der Waals surface area contributed by atoms with Gasteiger partial charge in [0, 0.05) is 10.6 Å². The molecule has 2 aliphatic rings. The number of carboxylic acids is 1. The van der Waals surface area contributed by atoms with E-state index in [-0.39, 0.29) is 47.6 Å². The van der Waals surface area contributed by atoms with Crippen LogP contribution < -0.4 is 5.32 Å². The number of carboxylic acid groups (broad SMARTS) is 1. The number of thioether (sulfide) groups is 1. The number of aliphatic hydroxyl groups is 1. The van der Waals surface area contributed by atoms with Gasteiger partial charge in [0.05, 0.1) is 13.0 Å². The van der Waals surface area contributed by atoms with Crippen LogP contribution in [0.5, 0.6) is 0 Å². The first-order valence-electron chi connectivity index (χ1n) is 6.85. The zero-order valence-electron chi connectivity index (χ0n) is 11.9. The van der Waals surface area contributed by atoms with E-state index in [1.165, 1.54) is 23.1 Å². The number of aliphatic carboxylic acids is 1. The maximum atomic E-state index is 12.2. The number of β-lactam (4-membered cyclic amide) rings is 1. The van der Waals surface area contributed by atoms with Crippen molar-refractivity contribution in [1.82, 2.24) is 10.2 Å². The number of thiophene rings is 1. The summed E-state index contributed by atoms with van der Waals surface area (Å²) in [6, 6.07) is 2.97. The van der Waals surface area contributed by atoms with Crippen molar-refractivity contribution in [2.45, 2.75) is 17.8 Å². The van der Waals surface area contributed by atoms with Crippen LogP contribution in [0.3, 0.4) is 0 Å². The fourth-order valence-corrected chi connectivity index (χ4v) is 4.64. The third kappa shape index (κ3) is 3.56. The van der Waals surface area contributed by atoms with Crippen LogP contribution in [-0.2, 0) is 20.8 Å². The summed E-state index contributed by atoms with van der Waals surface area (Å²) in [5.41, 5.74) is 0.153. The van der Waals surface area contributed by atoms with Gasteiger partial charge in [0.25, 0.3) is 5.91 Å². The number of aliphatic hydroxyl groups excluding tert-OH is 1. The molecule has 0 unspecified atom stereocenters. The van der Waals surface area contributed by atoms with Gasteiger partial charge in [-0.3, -0.25) is 14.5 Å². The molecule has 2 atom stereocenters. The van der Waals surface area contributed by atoms with E-state index in [0.29, 0.717) is 11.3 Å². The number of carbonyl (C=O) groups excluding carboxylic acids is 2. The summed E-state index contributed by atoms with van der Waals surface area (Å²) in [6.07, 6.45) is 0.197. The van der Waals surface area contributed by atoms with Gasteiger partial charge in [0.1, 0.15) is 17.1 Å². The quantitative estimate of drug-likeness (QED) is 0.465. The molecular formula is C14H15N2NaO5S2. The van der Waals surface area contributed by atoms with Crippen molar-refractivity contribution < 1.29 is 24.6 Å². The topological polar surface area (TPSA) is 107 Å². The number of nitrogens with one attached hydrogen (secondary N) is 1. The summed E-state index contributed by atoms with van der Waals surface area (Å²) in [5.74, 6) is -1.63. The Bertz CT molecular complexity index is 691. The fraction of sp³-hybridized carbons (Fsp3) is 0.357. The zero-order chi connectivity index (χ0) is 16.6. The Labute approximate surface area is 168 Å². The summed E-state index contributed by atoms with van der Waals surface area (Å²) >= 11 is 2.80. The van der Waals surface area contributed by atoms with Crippen molar-refractivity contribution in [1.29, 1.82) is 0 Å². The second kappa shape index (κ2) is 8.03. The number of fused-ring (bicyclic) bond motifs is 1. The summed E-state index contributed by atoms with van der Waals surface area (Å²) in [4.78, 5) is 37.6. The molecule has 2 aliphatic heterocycles. The van der Waals surface area contributed by atoms with Crippen LogP contribution in [0, 0.1) is 0 Å². The van der Waals surface area contributed by atoms with Gasteiger partial charge in [0.15, 0.2) is 0 Å². The molecule has 2 amide bonds. The van der Waals surface area contributed by atoms with Gasteiger partial charge in [-0.1, -0.05) is 6.07 Å². The molecule has 0 aliphatic carbocycles. The number of amides is 2. The van der Waals surface area contributed by atoms with E-state index in [1.807, 2.05) is 17.5 Å². The molecule has 1 fully saturated rings. The van der Waals surface area contributed by atoms with Gasteiger partial charge in [0.2, 0.25) is 5.91 Å². The van der Waals surface area contributed by atoms with E-state index in [1.54, 1.807) is 0 Å². The van der Waals surface area contributed by atoms with Crippen LogP contribution >= 0.6 is 23.1 Å². The normalized spacial score (nSPS) is 22.4. The first kappa shape index (κ1) is 19.5. The average Bonchev–Trinajstić information content (AvgIpc) is 3.03.